The van der Waals surface area contributed by atoms with E-state index in [0.29, 0.717) is 13.1 Å². The lowest BCUT2D eigenvalue weighted by atomic mass is 10.2. The number of aromatic nitrogens is 1. The highest BCUT2D eigenvalue weighted by Crippen LogP contribution is 2.27. The lowest BCUT2D eigenvalue weighted by molar-refractivity contribution is -0.141. The van der Waals surface area contributed by atoms with Gasteiger partial charge in [-0.2, -0.15) is 13.2 Å². The normalized spacial score (nSPS) is 16.3. The number of halogens is 3. The number of amides is 2. The quantitative estimate of drug-likeness (QED) is 0.886. The van der Waals surface area contributed by atoms with Gasteiger partial charge in [0.25, 0.3) is 0 Å². The molecule has 2 rings (SSSR count). The van der Waals surface area contributed by atoms with Gasteiger partial charge >= 0.3 is 6.18 Å². The summed E-state index contributed by atoms with van der Waals surface area (Å²) in [6, 6.07) is 3.48. The molecular weight excluding hydrogens is 287 g/mol. The van der Waals surface area contributed by atoms with E-state index in [1.165, 1.54) is 17.0 Å². The van der Waals surface area contributed by atoms with Gasteiger partial charge in [0, 0.05) is 26.1 Å². The Morgan fingerprint density at radius 1 is 1.33 bits per heavy atom. The molecule has 0 saturated carbocycles. The van der Waals surface area contributed by atoms with Gasteiger partial charge in [0.1, 0.15) is 5.69 Å². The molecule has 0 spiro atoms. The number of carbonyl (C=O) groups is 2. The number of hydrogen-bond acceptors (Lipinski definition) is 3. The van der Waals surface area contributed by atoms with Crippen molar-refractivity contribution in [2.75, 3.05) is 19.6 Å². The Hall–Kier alpha value is -2.12. The molecule has 0 radical (unpaired) electrons. The first kappa shape index (κ1) is 15.3. The summed E-state index contributed by atoms with van der Waals surface area (Å²) in [6.07, 6.45) is -4.54. The van der Waals surface area contributed by atoms with Crippen LogP contribution in [-0.2, 0) is 22.2 Å². The highest BCUT2D eigenvalue weighted by Gasteiger charge is 2.32. The molecule has 5 nitrogen and oxygen atoms in total. The van der Waals surface area contributed by atoms with Crippen molar-refractivity contribution in [1.82, 2.24) is 15.2 Å². The van der Waals surface area contributed by atoms with E-state index in [1.54, 1.807) is 0 Å². The van der Waals surface area contributed by atoms with E-state index >= 15 is 0 Å². The van der Waals surface area contributed by atoms with Crippen molar-refractivity contribution >= 4 is 11.8 Å². The fraction of sp³-hybridized carbons (Fsp3) is 0.462. The number of hydrogen-bond donors (Lipinski definition) is 1. The monoisotopic (exact) mass is 301 g/mol. The van der Waals surface area contributed by atoms with Gasteiger partial charge in [-0.1, -0.05) is 6.07 Å². The Bertz CT molecular complexity index is 546. The zero-order valence-corrected chi connectivity index (χ0v) is 11.1. The average molecular weight is 301 g/mol. The van der Waals surface area contributed by atoms with Crippen molar-refractivity contribution < 1.29 is 22.8 Å². The molecule has 1 fully saturated rings. The molecule has 1 aliphatic heterocycles. The minimum atomic E-state index is -4.53. The molecule has 1 aromatic rings. The minimum Gasteiger partial charge on any atom is -0.354 e. The van der Waals surface area contributed by atoms with E-state index in [2.05, 4.69) is 10.3 Å². The standard InChI is InChI=1S/C13H14F3N3O2/c14-13(15,16)10-3-1-2-9(18-10)8-12(21)19-6-4-11(20)17-5-7-19/h1-3H,4-8H2,(H,17,20). The number of carbonyl (C=O) groups excluding carboxylic acids is 2. The highest BCUT2D eigenvalue weighted by molar-refractivity contribution is 5.81. The number of nitrogens with zero attached hydrogens (tertiary/aromatic N) is 2. The lowest BCUT2D eigenvalue weighted by Gasteiger charge is -2.19. The van der Waals surface area contributed by atoms with Gasteiger partial charge in [0.15, 0.2) is 0 Å². The largest absolute Gasteiger partial charge is 0.433 e. The van der Waals surface area contributed by atoms with Crippen molar-refractivity contribution in [3.05, 3.63) is 29.6 Å². The molecule has 0 bridgehead atoms. The third-order valence-electron chi connectivity index (χ3n) is 3.09. The second-order valence-electron chi connectivity index (χ2n) is 4.67. The first-order valence-corrected chi connectivity index (χ1v) is 6.44. The Kier molecular flexibility index (Phi) is 4.44. The van der Waals surface area contributed by atoms with E-state index in [4.69, 9.17) is 0 Å². The predicted octanol–water partition coefficient (Wildman–Crippen LogP) is 0.991. The van der Waals surface area contributed by atoms with E-state index in [-0.39, 0.29) is 36.9 Å². The minimum absolute atomic E-state index is 0.0679. The molecule has 0 aliphatic carbocycles. The van der Waals surface area contributed by atoms with Gasteiger partial charge in [-0.05, 0) is 12.1 Å². The topological polar surface area (TPSA) is 62.3 Å². The van der Waals surface area contributed by atoms with Gasteiger partial charge in [-0.3, -0.25) is 9.59 Å². The van der Waals surface area contributed by atoms with Crippen LogP contribution < -0.4 is 5.32 Å². The molecule has 0 atom stereocenters. The van der Waals surface area contributed by atoms with Crippen molar-refractivity contribution in [3.8, 4) is 0 Å². The van der Waals surface area contributed by atoms with Crippen LogP contribution >= 0.6 is 0 Å². The lowest BCUT2D eigenvalue weighted by Crippen LogP contribution is -2.35. The second-order valence-corrected chi connectivity index (χ2v) is 4.67. The van der Waals surface area contributed by atoms with Crippen molar-refractivity contribution in [3.63, 3.8) is 0 Å². The molecule has 1 aromatic heterocycles. The molecule has 1 aliphatic rings. The Morgan fingerprint density at radius 3 is 2.81 bits per heavy atom. The fourth-order valence-corrected chi connectivity index (χ4v) is 2.02. The van der Waals surface area contributed by atoms with Crippen LogP contribution in [0.15, 0.2) is 18.2 Å². The molecule has 114 valence electrons. The summed E-state index contributed by atoms with van der Waals surface area (Å²) in [5.74, 6) is -0.471. The third-order valence-corrected chi connectivity index (χ3v) is 3.09. The Morgan fingerprint density at radius 2 is 2.10 bits per heavy atom. The van der Waals surface area contributed by atoms with Crippen LogP contribution in [0.4, 0.5) is 13.2 Å². The number of alkyl halides is 3. The summed E-state index contributed by atoms with van der Waals surface area (Å²) in [4.78, 5) is 28.2. The maximum atomic E-state index is 12.6. The number of nitrogens with one attached hydrogen (secondary N) is 1. The maximum Gasteiger partial charge on any atom is 0.433 e. The van der Waals surface area contributed by atoms with Crippen LogP contribution in [0.1, 0.15) is 17.8 Å². The van der Waals surface area contributed by atoms with Gasteiger partial charge in [0.05, 0.1) is 12.1 Å². The molecule has 2 heterocycles. The molecule has 0 unspecified atom stereocenters. The van der Waals surface area contributed by atoms with Crippen molar-refractivity contribution in [2.24, 2.45) is 0 Å². The molecular formula is C13H14F3N3O2. The zero-order valence-electron chi connectivity index (χ0n) is 11.1. The van der Waals surface area contributed by atoms with E-state index in [1.807, 2.05) is 0 Å². The average Bonchev–Trinajstić information content (AvgIpc) is 2.63. The molecule has 8 heteroatoms. The maximum absolute atomic E-state index is 12.6. The van der Waals surface area contributed by atoms with Gasteiger partial charge < -0.3 is 10.2 Å². The Labute approximate surface area is 119 Å². The van der Waals surface area contributed by atoms with Crippen LogP contribution in [0.3, 0.4) is 0 Å². The molecule has 1 saturated heterocycles. The summed E-state index contributed by atoms with van der Waals surface area (Å²) in [5.41, 5.74) is -0.945. The first-order chi connectivity index (χ1) is 9.86. The van der Waals surface area contributed by atoms with Crippen LogP contribution in [0.25, 0.3) is 0 Å². The molecule has 21 heavy (non-hydrogen) atoms. The molecule has 0 aromatic carbocycles. The summed E-state index contributed by atoms with van der Waals surface area (Å²) >= 11 is 0. The third kappa shape index (κ3) is 4.17. The summed E-state index contributed by atoms with van der Waals surface area (Å²) in [5, 5.41) is 2.63. The predicted molar refractivity (Wildman–Crippen MR) is 67.1 cm³/mol. The second kappa shape index (κ2) is 6.11. The molecule has 2 amide bonds. The van der Waals surface area contributed by atoms with E-state index < -0.39 is 11.9 Å². The van der Waals surface area contributed by atoms with Crippen molar-refractivity contribution in [2.45, 2.75) is 19.0 Å². The highest BCUT2D eigenvalue weighted by atomic mass is 19.4. The van der Waals surface area contributed by atoms with Crippen LogP contribution in [0.2, 0.25) is 0 Å². The van der Waals surface area contributed by atoms with Crippen LogP contribution in [0.5, 0.6) is 0 Å². The number of rotatable bonds is 2. The van der Waals surface area contributed by atoms with Gasteiger partial charge in [-0.15, -0.1) is 0 Å². The number of pyridine rings is 1. The van der Waals surface area contributed by atoms with Gasteiger partial charge in [-0.25, -0.2) is 4.98 Å². The van der Waals surface area contributed by atoms with Crippen molar-refractivity contribution in [1.29, 1.82) is 0 Å². The zero-order chi connectivity index (χ0) is 15.5. The first-order valence-electron chi connectivity index (χ1n) is 6.44. The van der Waals surface area contributed by atoms with E-state index in [0.717, 1.165) is 6.07 Å². The van der Waals surface area contributed by atoms with E-state index in [9.17, 15) is 22.8 Å². The van der Waals surface area contributed by atoms with Crippen LogP contribution in [-0.4, -0.2) is 41.3 Å². The molecule has 1 N–H and O–H groups in total. The summed E-state index contributed by atoms with van der Waals surface area (Å²) in [7, 11) is 0. The fourth-order valence-electron chi connectivity index (χ4n) is 2.02. The Balaban J connectivity index is 2.04. The van der Waals surface area contributed by atoms with Gasteiger partial charge in [0.2, 0.25) is 11.8 Å². The summed E-state index contributed by atoms with van der Waals surface area (Å²) < 4.78 is 37.7. The van der Waals surface area contributed by atoms with Crippen LogP contribution in [0, 0.1) is 0 Å². The smallest absolute Gasteiger partial charge is 0.354 e. The summed E-state index contributed by atoms with van der Waals surface area (Å²) in [6.45, 7) is 0.966. The SMILES string of the molecule is O=C1CCN(C(=O)Cc2cccc(C(F)(F)F)n2)CCN1.